The van der Waals surface area contributed by atoms with Gasteiger partial charge in [0.15, 0.2) is 11.3 Å². The first-order valence-electron chi connectivity index (χ1n) is 6.69. The molecule has 4 heterocycles. The molecule has 104 valence electrons. The molecule has 2 atom stereocenters. The third-order valence-corrected chi connectivity index (χ3v) is 3.90. The number of carboxylic acid groups (broad SMARTS) is 1. The van der Waals surface area contributed by atoms with E-state index in [1.54, 1.807) is 6.20 Å². The second-order valence-corrected chi connectivity index (χ2v) is 5.29. The Balaban J connectivity index is 1.68. The first-order chi connectivity index (χ1) is 9.69. The van der Waals surface area contributed by atoms with Gasteiger partial charge >= 0.3 is 5.97 Å². The lowest BCUT2D eigenvalue weighted by Gasteiger charge is -2.32. The number of anilines is 1. The molecule has 0 spiro atoms. The molecule has 0 radical (unpaired) electrons. The minimum absolute atomic E-state index is 0.0108. The summed E-state index contributed by atoms with van der Waals surface area (Å²) in [6.07, 6.45) is 4.57. The van der Waals surface area contributed by atoms with Gasteiger partial charge in [-0.3, -0.25) is 0 Å². The first kappa shape index (κ1) is 11.7. The lowest BCUT2D eigenvalue weighted by molar-refractivity contribution is 0.0302. The number of aromatic nitrogens is 3. The van der Waals surface area contributed by atoms with Gasteiger partial charge in [0.25, 0.3) is 0 Å². The number of morpholine rings is 1. The topological polar surface area (TPSA) is 80.0 Å². The Bertz CT molecular complexity index is 671. The van der Waals surface area contributed by atoms with Gasteiger partial charge in [-0.25, -0.2) is 14.3 Å². The summed E-state index contributed by atoms with van der Waals surface area (Å²) in [4.78, 5) is 17.6. The quantitative estimate of drug-likeness (QED) is 0.872. The van der Waals surface area contributed by atoms with E-state index in [9.17, 15) is 4.79 Å². The summed E-state index contributed by atoms with van der Waals surface area (Å²) >= 11 is 0. The Labute approximate surface area is 114 Å². The molecule has 0 saturated carbocycles. The van der Waals surface area contributed by atoms with Gasteiger partial charge < -0.3 is 14.7 Å². The first-order valence-corrected chi connectivity index (χ1v) is 6.69. The number of aromatic carboxylic acids is 1. The predicted octanol–water partition coefficient (Wildman–Crippen LogP) is 0.795. The summed E-state index contributed by atoms with van der Waals surface area (Å²) in [5.41, 5.74) is 0.565. The number of hydrogen-bond acceptors (Lipinski definition) is 5. The molecule has 2 aliphatic heterocycles. The summed E-state index contributed by atoms with van der Waals surface area (Å²) in [7, 11) is 0. The van der Waals surface area contributed by atoms with Crippen molar-refractivity contribution >= 4 is 17.4 Å². The normalized spacial score (nSPS) is 25.3. The minimum Gasteiger partial charge on any atom is -0.476 e. The Kier molecular flexibility index (Phi) is 2.43. The average molecular weight is 274 g/mol. The molecule has 0 amide bonds. The Morgan fingerprint density at radius 3 is 2.80 bits per heavy atom. The van der Waals surface area contributed by atoms with Crippen molar-refractivity contribution in [3.05, 3.63) is 24.0 Å². The van der Waals surface area contributed by atoms with Crippen LogP contribution in [0.15, 0.2) is 18.3 Å². The van der Waals surface area contributed by atoms with Gasteiger partial charge in [-0.15, -0.1) is 0 Å². The number of nitrogens with zero attached hydrogens (tertiary/aromatic N) is 4. The van der Waals surface area contributed by atoms with Crippen molar-refractivity contribution < 1.29 is 14.6 Å². The number of carbonyl (C=O) groups is 1. The number of hydrogen-bond donors (Lipinski definition) is 1. The number of rotatable bonds is 2. The summed E-state index contributed by atoms with van der Waals surface area (Å²) in [6.45, 7) is 1.69. The maximum absolute atomic E-state index is 10.9. The Morgan fingerprint density at radius 2 is 2.10 bits per heavy atom. The van der Waals surface area contributed by atoms with Crippen LogP contribution in [0.4, 0.5) is 5.82 Å². The highest BCUT2D eigenvalue weighted by Gasteiger charge is 2.34. The monoisotopic (exact) mass is 274 g/mol. The van der Waals surface area contributed by atoms with Crippen LogP contribution in [0, 0.1) is 0 Å². The molecular weight excluding hydrogens is 260 g/mol. The molecule has 0 aromatic carbocycles. The average Bonchev–Trinajstić information content (AvgIpc) is 3.01. The van der Waals surface area contributed by atoms with Crippen LogP contribution in [0.2, 0.25) is 0 Å². The number of ether oxygens (including phenoxy) is 1. The lowest BCUT2D eigenvalue weighted by atomic mass is 10.2. The molecule has 2 aliphatic rings. The molecule has 0 aliphatic carbocycles. The van der Waals surface area contributed by atoms with Crippen LogP contribution in [0.1, 0.15) is 23.3 Å². The van der Waals surface area contributed by atoms with Gasteiger partial charge in [-0.05, 0) is 18.9 Å². The molecule has 20 heavy (non-hydrogen) atoms. The second-order valence-electron chi connectivity index (χ2n) is 5.29. The Morgan fingerprint density at radius 1 is 1.35 bits per heavy atom. The van der Waals surface area contributed by atoms with E-state index in [4.69, 9.17) is 9.84 Å². The van der Waals surface area contributed by atoms with Gasteiger partial charge in [0.05, 0.1) is 12.2 Å². The van der Waals surface area contributed by atoms with Crippen molar-refractivity contribution in [2.24, 2.45) is 0 Å². The highest BCUT2D eigenvalue weighted by Crippen LogP contribution is 2.28. The van der Waals surface area contributed by atoms with E-state index in [0.29, 0.717) is 17.9 Å². The summed E-state index contributed by atoms with van der Waals surface area (Å²) in [5, 5.41) is 12.9. The van der Waals surface area contributed by atoms with Crippen LogP contribution in [0.5, 0.6) is 0 Å². The molecule has 2 saturated heterocycles. The molecule has 2 fully saturated rings. The molecule has 7 nitrogen and oxygen atoms in total. The third-order valence-electron chi connectivity index (χ3n) is 3.90. The van der Waals surface area contributed by atoms with Crippen LogP contribution in [-0.2, 0) is 4.74 Å². The maximum atomic E-state index is 10.9. The van der Waals surface area contributed by atoms with Crippen LogP contribution in [-0.4, -0.2) is 51.0 Å². The van der Waals surface area contributed by atoms with Crippen molar-refractivity contribution in [3.63, 3.8) is 0 Å². The van der Waals surface area contributed by atoms with Gasteiger partial charge in [0, 0.05) is 25.4 Å². The molecule has 2 bridgehead atoms. The maximum Gasteiger partial charge on any atom is 0.356 e. The van der Waals surface area contributed by atoms with Crippen LogP contribution in [0.3, 0.4) is 0 Å². The summed E-state index contributed by atoms with van der Waals surface area (Å²) in [5.74, 6) is -0.184. The lowest BCUT2D eigenvalue weighted by Crippen LogP contribution is -2.43. The third kappa shape index (κ3) is 1.82. The largest absolute Gasteiger partial charge is 0.476 e. The van der Waals surface area contributed by atoms with E-state index in [-0.39, 0.29) is 5.69 Å². The van der Waals surface area contributed by atoms with Gasteiger partial charge in [-0.1, -0.05) is 0 Å². The van der Waals surface area contributed by atoms with Crippen molar-refractivity contribution in [1.29, 1.82) is 0 Å². The fourth-order valence-corrected chi connectivity index (χ4v) is 2.95. The summed E-state index contributed by atoms with van der Waals surface area (Å²) < 4.78 is 7.30. The molecule has 2 aromatic rings. The predicted molar refractivity (Wildman–Crippen MR) is 70.1 cm³/mol. The molecule has 4 rings (SSSR count). The van der Waals surface area contributed by atoms with Crippen molar-refractivity contribution in [3.8, 4) is 0 Å². The highest BCUT2D eigenvalue weighted by molar-refractivity contribution is 5.86. The van der Waals surface area contributed by atoms with E-state index < -0.39 is 5.97 Å². The van der Waals surface area contributed by atoms with Crippen LogP contribution >= 0.6 is 0 Å². The minimum atomic E-state index is -1.04. The fraction of sp³-hybridized carbons (Fsp3) is 0.462. The molecule has 1 N–H and O–H groups in total. The summed E-state index contributed by atoms with van der Waals surface area (Å²) in [6, 6.07) is 3.36. The van der Waals surface area contributed by atoms with E-state index in [2.05, 4.69) is 15.0 Å². The number of carboxylic acids is 1. The fourth-order valence-electron chi connectivity index (χ4n) is 2.95. The molecule has 2 aromatic heterocycles. The zero-order valence-corrected chi connectivity index (χ0v) is 10.8. The molecule has 7 heteroatoms. The van der Waals surface area contributed by atoms with Gasteiger partial charge in [-0.2, -0.15) is 5.10 Å². The highest BCUT2D eigenvalue weighted by atomic mass is 16.5. The van der Waals surface area contributed by atoms with Crippen LogP contribution < -0.4 is 4.90 Å². The van der Waals surface area contributed by atoms with E-state index in [1.165, 1.54) is 10.6 Å². The van der Waals surface area contributed by atoms with E-state index in [1.807, 2.05) is 6.07 Å². The van der Waals surface area contributed by atoms with Crippen molar-refractivity contribution in [2.45, 2.75) is 25.0 Å². The smallest absolute Gasteiger partial charge is 0.356 e. The SMILES string of the molecule is O=C(O)c1cc2nc(N3C[C@H]4CC[C@@H](C3)O4)ccn2n1. The van der Waals surface area contributed by atoms with E-state index in [0.717, 1.165) is 31.7 Å². The van der Waals surface area contributed by atoms with Crippen molar-refractivity contribution in [2.75, 3.05) is 18.0 Å². The van der Waals surface area contributed by atoms with Crippen LogP contribution in [0.25, 0.3) is 5.65 Å². The molecule has 0 unspecified atom stereocenters. The standard InChI is InChI=1S/C13H14N4O3/c18-13(19)10-5-12-14-11(3-4-17(12)15-10)16-6-8-1-2-9(7-16)20-8/h3-5,8-9H,1-2,6-7H2,(H,18,19)/t8-,9+. The van der Waals surface area contributed by atoms with E-state index >= 15 is 0 Å². The molecular formula is C13H14N4O3. The number of fused-ring (bicyclic) bond motifs is 3. The zero-order chi connectivity index (χ0) is 13.7. The zero-order valence-electron chi connectivity index (χ0n) is 10.8. The second kappa shape index (κ2) is 4.17. The van der Waals surface area contributed by atoms with Gasteiger partial charge in [0.1, 0.15) is 5.82 Å². The van der Waals surface area contributed by atoms with Gasteiger partial charge in [0.2, 0.25) is 0 Å². The van der Waals surface area contributed by atoms with Crippen molar-refractivity contribution in [1.82, 2.24) is 14.6 Å². The Hall–Kier alpha value is -2.15.